The van der Waals surface area contributed by atoms with Crippen molar-refractivity contribution in [2.75, 3.05) is 0 Å². The molecule has 1 heterocycles. The Kier molecular flexibility index (Phi) is 7.15. The molecular formula is C34H56O6. The van der Waals surface area contributed by atoms with E-state index in [0.717, 1.165) is 57.8 Å². The molecule has 0 aromatic rings. The largest absolute Gasteiger partial charge is 0.462 e. The highest BCUT2D eigenvalue weighted by Crippen LogP contribution is 2.76. The average Bonchev–Trinajstić information content (AvgIpc) is 3.39. The molecule has 0 spiro atoms. The van der Waals surface area contributed by atoms with Crippen molar-refractivity contribution in [3.8, 4) is 0 Å². The zero-order valence-electron chi connectivity index (χ0n) is 26.9. The first kappa shape index (κ1) is 30.3. The molecule has 4 saturated carbocycles. The zero-order chi connectivity index (χ0) is 29.7. The van der Waals surface area contributed by atoms with Gasteiger partial charge in [-0.25, -0.2) is 0 Å². The van der Waals surface area contributed by atoms with Crippen LogP contribution in [0.25, 0.3) is 0 Å². The van der Waals surface area contributed by atoms with Crippen LogP contribution in [0, 0.1) is 45.3 Å². The van der Waals surface area contributed by atoms with Crippen LogP contribution in [0.3, 0.4) is 0 Å². The molecule has 5 fully saturated rings. The van der Waals surface area contributed by atoms with Gasteiger partial charge in [0.1, 0.15) is 12.2 Å². The summed E-state index contributed by atoms with van der Waals surface area (Å²) in [6.45, 7) is 21.2. The Hall–Kier alpha value is -1.14. The highest BCUT2D eigenvalue weighted by atomic mass is 16.6. The number of aliphatic hydroxyl groups is 1. The van der Waals surface area contributed by atoms with Crippen molar-refractivity contribution < 1.29 is 28.9 Å². The topological polar surface area (TPSA) is 82.1 Å². The average molecular weight is 561 g/mol. The van der Waals surface area contributed by atoms with Gasteiger partial charge in [-0.2, -0.15) is 0 Å². The summed E-state index contributed by atoms with van der Waals surface area (Å²) < 4.78 is 19.0. The van der Waals surface area contributed by atoms with Gasteiger partial charge in [-0.15, -0.1) is 0 Å². The van der Waals surface area contributed by atoms with Gasteiger partial charge in [-0.05, 0) is 113 Å². The highest BCUT2D eigenvalue weighted by Gasteiger charge is 2.72. The third-order valence-corrected chi connectivity index (χ3v) is 13.8. The van der Waals surface area contributed by atoms with E-state index >= 15 is 0 Å². The number of carbonyl (C=O) groups is 2. The number of esters is 2. The van der Waals surface area contributed by atoms with Crippen LogP contribution in [0.4, 0.5) is 0 Å². The third-order valence-electron chi connectivity index (χ3n) is 13.8. The van der Waals surface area contributed by atoms with Gasteiger partial charge < -0.3 is 19.3 Å². The molecule has 5 aliphatic rings. The lowest BCUT2D eigenvalue weighted by atomic mass is 9.35. The molecule has 0 radical (unpaired) electrons. The smallest absolute Gasteiger partial charge is 0.302 e. The molecule has 4 aliphatic carbocycles. The molecule has 40 heavy (non-hydrogen) atoms. The van der Waals surface area contributed by atoms with Crippen molar-refractivity contribution in [2.24, 2.45) is 45.3 Å². The van der Waals surface area contributed by atoms with Gasteiger partial charge in [-0.1, -0.05) is 34.6 Å². The fourth-order valence-electron chi connectivity index (χ4n) is 11.8. The number of fused-ring (bicyclic) bond motifs is 5. The van der Waals surface area contributed by atoms with E-state index in [1.54, 1.807) is 6.92 Å². The molecule has 0 unspecified atom stereocenters. The van der Waals surface area contributed by atoms with Gasteiger partial charge >= 0.3 is 11.9 Å². The molecule has 6 nitrogen and oxygen atoms in total. The first-order valence-corrected chi connectivity index (χ1v) is 16.0. The maximum absolute atomic E-state index is 12.6. The summed E-state index contributed by atoms with van der Waals surface area (Å²) in [5, 5.41) is 10.8. The Balaban J connectivity index is 1.52. The maximum Gasteiger partial charge on any atom is 0.302 e. The van der Waals surface area contributed by atoms with Crippen LogP contribution in [-0.4, -0.2) is 46.6 Å². The van der Waals surface area contributed by atoms with Gasteiger partial charge in [0.25, 0.3) is 0 Å². The Morgan fingerprint density at radius 3 is 2.00 bits per heavy atom. The predicted octanol–water partition coefficient (Wildman–Crippen LogP) is 6.85. The van der Waals surface area contributed by atoms with Crippen molar-refractivity contribution >= 4 is 11.9 Å². The standard InChI is InChI=1S/C34H56O6/c1-20(35)38-23-19-25-31(7)15-13-26(39-21(2)36)29(3,4)24(31)12-17-32(25,8)33(9)16-11-22(28(23)33)34(10)18-14-27(40-34)30(5,6)37/h22-28,37H,11-19H2,1-10H3/t22-,23+,24+,25+,26+,27+,28+,31-,32+,33+,34-/m0/s1. The first-order chi connectivity index (χ1) is 18.3. The van der Waals surface area contributed by atoms with E-state index in [4.69, 9.17) is 14.2 Å². The molecule has 228 valence electrons. The van der Waals surface area contributed by atoms with E-state index in [-0.39, 0.29) is 69.3 Å². The number of hydrogen-bond acceptors (Lipinski definition) is 6. The van der Waals surface area contributed by atoms with Gasteiger partial charge in [0, 0.05) is 25.2 Å². The van der Waals surface area contributed by atoms with E-state index in [1.165, 1.54) is 6.92 Å². The Morgan fingerprint density at radius 1 is 0.800 bits per heavy atom. The maximum atomic E-state index is 12.6. The summed E-state index contributed by atoms with van der Waals surface area (Å²) in [4.78, 5) is 24.6. The predicted molar refractivity (Wildman–Crippen MR) is 154 cm³/mol. The molecule has 6 heteroatoms. The van der Waals surface area contributed by atoms with Crippen LogP contribution in [0.1, 0.15) is 127 Å². The lowest BCUT2D eigenvalue weighted by Gasteiger charge is -2.70. The van der Waals surface area contributed by atoms with E-state index in [0.29, 0.717) is 11.8 Å². The minimum Gasteiger partial charge on any atom is -0.462 e. The monoisotopic (exact) mass is 560 g/mol. The SMILES string of the molecule is CC(=O)O[C@@H]1C[C@@H]2[C@@]3(C)CC[C@@H](OC(C)=O)C(C)(C)[C@H]3CC[C@@]2(C)[C@]2(C)CC[C@H]([C@]3(C)CC[C@H](C(C)(C)O)O3)[C@H]12. The Morgan fingerprint density at radius 2 is 1.43 bits per heavy atom. The van der Waals surface area contributed by atoms with Gasteiger partial charge in [0.05, 0.1) is 17.3 Å². The summed E-state index contributed by atoms with van der Waals surface area (Å²) in [6, 6.07) is 0. The van der Waals surface area contributed by atoms with Crippen molar-refractivity contribution in [1.82, 2.24) is 0 Å². The van der Waals surface area contributed by atoms with Crippen LogP contribution in [0.2, 0.25) is 0 Å². The fourth-order valence-corrected chi connectivity index (χ4v) is 11.8. The highest BCUT2D eigenvalue weighted by molar-refractivity contribution is 5.66. The summed E-state index contributed by atoms with van der Waals surface area (Å²) in [5.74, 6) is 1.00. The Labute approximate surface area is 242 Å². The van der Waals surface area contributed by atoms with Crippen LogP contribution in [-0.2, 0) is 23.8 Å². The molecule has 11 atom stereocenters. The summed E-state index contributed by atoms with van der Waals surface area (Å²) in [7, 11) is 0. The molecule has 1 N–H and O–H groups in total. The van der Waals surface area contributed by atoms with Gasteiger partial charge in [0.2, 0.25) is 0 Å². The third kappa shape index (κ3) is 4.31. The minimum absolute atomic E-state index is 0.0186. The van der Waals surface area contributed by atoms with Crippen LogP contribution < -0.4 is 0 Å². The molecule has 0 aromatic carbocycles. The van der Waals surface area contributed by atoms with E-state index < -0.39 is 5.60 Å². The number of rotatable bonds is 4. The van der Waals surface area contributed by atoms with Crippen molar-refractivity contribution in [3.63, 3.8) is 0 Å². The lowest BCUT2D eigenvalue weighted by Crippen LogP contribution is -2.67. The molecule has 1 aliphatic heterocycles. The molecule has 0 bridgehead atoms. The van der Waals surface area contributed by atoms with E-state index in [9.17, 15) is 14.7 Å². The minimum atomic E-state index is -0.872. The lowest BCUT2D eigenvalue weighted by molar-refractivity contribution is -0.254. The normalized spacial score (nSPS) is 49.9. The van der Waals surface area contributed by atoms with Crippen molar-refractivity contribution in [2.45, 2.75) is 157 Å². The quantitative estimate of drug-likeness (QED) is 0.379. The second-order valence-electron chi connectivity index (χ2n) is 16.6. The van der Waals surface area contributed by atoms with Gasteiger partial charge in [0.15, 0.2) is 0 Å². The summed E-state index contributed by atoms with van der Waals surface area (Å²) >= 11 is 0. The molecule has 0 aromatic heterocycles. The van der Waals surface area contributed by atoms with Crippen LogP contribution >= 0.6 is 0 Å². The molecule has 0 amide bonds. The van der Waals surface area contributed by atoms with E-state index in [2.05, 4.69) is 41.5 Å². The molecular weight excluding hydrogens is 504 g/mol. The number of ether oxygens (including phenoxy) is 3. The summed E-state index contributed by atoms with van der Waals surface area (Å²) in [6.07, 6.45) is 8.68. The fraction of sp³-hybridized carbons (Fsp3) is 0.941. The van der Waals surface area contributed by atoms with Gasteiger partial charge in [-0.3, -0.25) is 9.59 Å². The summed E-state index contributed by atoms with van der Waals surface area (Å²) in [5.41, 5.74) is -1.10. The molecule has 1 saturated heterocycles. The molecule has 5 rings (SSSR count). The second-order valence-corrected chi connectivity index (χ2v) is 16.6. The van der Waals surface area contributed by atoms with Crippen molar-refractivity contribution in [1.29, 1.82) is 0 Å². The second kappa shape index (κ2) is 9.43. The number of carbonyl (C=O) groups excluding carboxylic acids is 2. The van der Waals surface area contributed by atoms with Crippen LogP contribution in [0.15, 0.2) is 0 Å². The van der Waals surface area contributed by atoms with Crippen LogP contribution in [0.5, 0.6) is 0 Å². The first-order valence-electron chi connectivity index (χ1n) is 16.0. The van der Waals surface area contributed by atoms with Crippen molar-refractivity contribution in [3.05, 3.63) is 0 Å². The zero-order valence-corrected chi connectivity index (χ0v) is 26.9. The number of hydrogen-bond donors (Lipinski definition) is 1. The Bertz CT molecular complexity index is 1030. The van der Waals surface area contributed by atoms with E-state index in [1.807, 2.05) is 13.8 Å².